The van der Waals surface area contributed by atoms with Crippen molar-refractivity contribution in [1.82, 2.24) is 50.2 Å². The first kappa shape index (κ1) is 73.4. The van der Waals surface area contributed by atoms with Crippen LogP contribution in [0.25, 0.3) is 0 Å². The minimum atomic E-state index is -1.29. The van der Waals surface area contributed by atoms with E-state index < -0.39 is 149 Å². The van der Waals surface area contributed by atoms with Crippen LogP contribution in [0.3, 0.4) is 0 Å². The molecule has 2 saturated heterocycles. The van der Waals surface area contributed by atoms with E-state index >= 15 is 9.59 Å². The number of amides is 10. The molecule has 0 aliphatic carbocycles. The van der Waals surface area contributed by atoms with Gasteiger partial charge in [0.05, 0.1) is 12.1 Å². The molecule has 2 heterocycles. The summed E-state index contributed by atoms with van der Waals surface area (Å²) >= 11 is 0. The second-order valence-corrected chi connectivity index (χ2v) is 26.4. The Bertz CT molecular complexity index is 2290. The molecule has 0 bridgehead atoms. The van der Waals surface area contributed by atoms with Gasteiger partial charge in [0.15, 0.2) is 5.78 Å². The number of carbonyl (C=O) groups excluding carboxylic acids is 11. The predicted molar refractivity (Wildman–Crippen MR) is 319 cm³/mol. The van der Waals surface area contributed by atoms with Crippen molar-refractivity contribution in [2.24, 2.45) is 47.3 Å². The van der Waals surface area contributed by atoms with E-state index in [-0.39, 0.29) is 61.7 Å². The van der Waals surface area contributed by atoms with E-state index in [1.807, 2.05) is 62.3 Å². The number of ketones is 1. The van der Waals surface area contributed by atoms with Gasteiger partial charge in [-0.05, 0) is 94.3 Å². The topological polar surface area (TPSA) is 256 Å². The van der Waals surface area contributed by atoms with E-state index in [1.54, 1.807) is 34.6 Å². The first-order chi connectivity index (χ1) is 38.2. The van der Waals surface area contributed by atoms with Crippen molar-refractivity contribution >= 4 is 64.9 Å². The van der Waals surface area contributed by atoms with Crippen molar-refractivity contribution in [3.8, 4) is 0 Å². The summed E-state index contributed by atoms with van der Waals surface area (Å²) in [5.41, 5.74) is 0. The summed E-state index contributed by atoms with van der Waals surface area (Å²) in [7, 11) is 10.3. The molecule has 0 aromatic carbocycles. The molecule has 10 amide bonds. The second-order valence-electron chi connectivity index (χ2n) is 26.4. The Morgan fingerprint density at radius 1 is 0.422 bits per heavy atom. The van der Waals surface area contributed by atoms with Crippen LogP contribution in [0.2, 0.25) is 0 Å². The maximum absolute atomic E-state index is 15.1. The molecule has 0 aromatic heterocycles. The fourth-order valence-corrected chi connectivity index (χ4v) is 11.3. The van der Waals surface area contributed by atoms with E-state index in [0.29, 0.717) is 13.0 Å². The van der Waals surface area contributed by atoms with Crippen LogP contribution in [0.15, 0.2) is 0 Å². The monoisotopic (exact) mass is 1170 g/mol. The van der Waals surface area contributed by atoms with Gasteiger partial charge in [0, 0.05) is 68.3 Å². The molecule has 2 rings (SSSR count). The first-order valence-electron chi connectivity index (χ1n) is 30.1. The molecule has 3 N–H and O–H groups in total. The van der Waals surface area contributed by atoms with Gasteiger partial charge in [-0.3, -0.25) is 52.7 Å². The van der Waals surface area contributed by atoms with Gasteiger partial charge in [-0.1, -0.05) is 96.9 Å². The molecule has 22 nitrogen and oxygen atoms in total. The minimum absolute atomic E-state index is 0.104. The first-order valence-corrected chi connectivity index (χ1v) is 30.1. The van der Waals surface area contributed by atoms with E-state index in [4.69, 9.17) is 4.74 Å². The highest BCUT2D eigenvalue weighted by Gasteiger charge is 2.47. The standard InChI is InChI=1S/C61H108N10O12/c1-32(2)27-43-52(73)62-40(15)47(72)31-39(14)55(76)68(21)45(29-34(5)6)58(79)69(22)46(30-35(7)8)59(80)70(23)49(37(11)12)61(82)71(24)50(51-38(13)25-26-83-51)54(75)63-41(16)56(77)65(18)42(17)57(78)66(19)44(28-33(3)4)53(74)64-48(36(9)10)60(81)67(43)20/h32-46,48-51H,25-31H2,1-24H3,(H,62,73)(H,63,75)(H,64,74)/t38-,39-,40-,41-,42-,43-,44+,45-,46-,48-,49-,50-,51-/m1/s1. The molecule has 0 spiro atoms. The van der Waals surface area contributed by atoms with E-state index in [0.717, 1.165) is 0 Å². The highest BCUT2D eigenvalue weighted by molar-refractivity contribution is 6.00. The number of hydrogen-bond donors (Lipinski definition) is 3. The summed E-state index contributed by atoms with van der Waals surface area (Å²) in [4.78, 5) is 169. The molecule has 0 aromatic rings. The Morgan fingerprint density at radius 3 is 1.27 bits per heavy atom. The Balaban J connectivity index is 2.92. The van der Waals surface area contributed by atoms with E-state index in [2.05, 4.69) is 16.0 Å². The molecule has 0 radical (unpaired) electrons. The van der Waals surface area contributed by atoms with Gasteiger partial charge in [-0.15, -0.1) is 0 Å². The van der Waals surface area contributed by atoms with E-state index in [9.17, 15) is 43.2 Å². The Labute approximate surface area is 496 Å². The number of ether oxygens (including phenoxy) is 1. The van der Waals surface area contributed by atoms with Crippen LogP contribution >= 0.6 is 0 Å². The van der Waals surface area contributed by atoms with Crippen LogP contribution < -0.4 is 16.0 Å². The van der Waals surface area contributed by atoms with Gasteiger partial charge in [0.25, 0.3) is 0 Å². The highest BCUT2D eigenvalue weighted by atomic mass is 16.5. The molecular formula is C61H108N10O12. The predicted octanol–water partition coefficient (Wildman–Crippen LogP) is 3.82. The molecule has 0 unspecified atom stereocenters. The summed E-state index contributed by atoms with van der Waals surface area (Å²) in [6.45, 7) is 30.4. The minimum Gasteiger partial charge on any atom is -0.375 e. The maximum Gasteiger partial charge on any atom is 0.246 e. The zero-order chi connectivity index (χ0) is 64.1. The quantitative estimate of drug-likeness (QED) is 0.267. The third-order valence-corrected chi connectivity index (χ3v) is 16.7. The normalized spacial score (nSPS) is 30.1. The van der Waals surface area contributed by atoms with Gasteiger partial charge in [0.1, 0.15) is 54.4 Å². The average Bonchev–Trinajstić information content (AvgIpc) is 4.08. The summed E-state index contributed by atoms with van der Waals surface area (Å²) in [5, 5.41) is 8.44. The largest absolute Gasteiger partial charge is 0.375 e. The van der Waals surface area contributed by atoms with Gasteiger partial charge >= 0.3 is 0 Å². The molecule has 2 fully saturated rings. The third kappa shape index (κ3) is 19.2. The number of Topliss-reactive ketones (excluding diaryl/α,β-unsaturated/α-hetero) is 1. The van der Waals surface area contributed by atoms with Crippen LogP contribution in [0.1, 0.15) is 156 Å². The lowest BCUT2D eigenvalue weighted by molar-refractivity contribution is -0.157. The zero-order valence-corrected chi connectivity index (χ0v) is 54.9. The van der Waals surface area contributed by atoms with Crippen molar-refractivity contribution < 1.29 is 57.5 Å². The van der Waals surface area contributed by atoms with Crippen molar-refractivity contribution in [3.05, 3.63) is 0 Å². The van der Waals surface area contributed by atoms with E-state index in [1.165, 1.54) is 104 Å². The van der Waals surface area contributed by atoms with Crippen LogP contribution in [0, 0.1) is 47.3 Å². The number of rotatable bonds is 11. The fraction of sp³-hybridized carbons (Fsp3) is 0.820. The van der Waals surface area contributed by atoms with Crippen molar-refractivity contribution in [1.29, 1.82) is 0 Å². The Hall–Kier alpha value is -5.67. The molecule has 13 atom stereocenters. The summed E-state index contributed by atoms with van der Waals surface area (Å²) in [6, 6.07) is -11.5. The van der Waals surface area contributed by atoms with Crippen LogP contribution in [-0.4, -0.2) is 222 Å². The molecule has 83 heavy (non-hydrogen) atoms. The molecule has 0 saturated carbocycles. The summed E-state index contributed by atoms with van der Waals surface area (Å²) in [5.74, 6) is -9.10. The number of carbonyl (C=O) groups is 11. The Kier molecular flexibility index (Phi) is 28.3. The number of hydrogen-bond acceptors (Lipinski definition) is 12. The van der Waals surface area contributed by atoms with Gasteiger partial charge < -0.3 is 55.0 Å². The van der Waals surface area contributed by atoms with Gasteiger partial charge in [0.2, 0.25) is 59.1 Å². The van der Waals surface area contributed by atoms with Crippen molar-refractivity contribution in [2.45, 2.75) is 223 Å². The van der Waals surface area contributed by atoms with Gasteiger partial charge in [-0.2, -0.15) is 0 Å². The smallest absolute Gasteiger partial charge is 0.246 e. The van der Waals surface area contributed by atoms with Crippen LogP contribution in [0.5, 0.6) is 0 Å². The Morgan fingerprint density at radius 2 is 0.831 bits per heavy atom. The maximum atomic E-state index is 15.1. The van der Waals surface area contributed by atoms with Crippen molar-refractivity contribution in [3.63, 3.8) is 0 Å². The lowest BCUT2D eigenvalue weighted by Crippen LogP contribution is -2.63. The third-order valence-electron chi connectivity index (χ3n) is 16.7. The summed E-state index contributed by atoms with van der Waals surface area (Å²) in [6.07, 6.45) is 0.222. The molecular weight excluding hydrogens is 1060 g/mol. The van der Waals surface area contributed by atoms with Crippen molar-refractivity contribution in [2.75, 3.05) is 55.9 Å². The molecule has 2 aliphatic rings. The lowest BCUT2D eigenvalue weighted by atomic mass is 9.93. The molecule has 22 heteroatoms. The van der Waals surface area contributed by atoms with Crippen LogP contribution in [-0.2, 0) is 57.5 Å². The number of nitrogens with zero attached hydrogens (tertiary/aromatic N) is 7. The summed E-state index contributed by atoms with van der Waals surface area (Å²) < 4.78 is 6.15. The molecule has 2 aliphatic heterocycles. The SMILES string of the molecule is CC(C)C[C@@H]1C(=O)N(C)[C@H](CC(C)C)C(=O)N(C)[C@H](C(C)C)C(=O)N(C)[C@H]([C@@H]2OCC[C@H]2C)C(=O)N[C@H](C)C(=O)N(C)[C@H](C)C(=O)N(C)[C@@H](CC(C)C)C(=O)N[C@H](C(C)C)C(=O)N(C)[C@H](CC(C)C)C(=O)N[C@H](C)C(=O)C[C@@H](C)C(=O)N1C. The zero-order valence-electron chi connectivity index (χ0n) is 54.9. The lowest BCUT2D eigenvalue weighted by Gasteiger charge is -2.41. The highest BCUT2D eigenvalue weighted by Crippen LogP contribution is 2.29. The molecule has 474 valence electrons. The van der Waals surface area contributed by atoms with Gasteiger partial charge in [-0.25, -0.2) is 0 Å². The number of likely N-dealkylation sites (N-methyl/N-ethyl adjacent to an activating group) is 7. The fourth-order valence-electron chi connectivity index (χ4n) is 11.3. The second kappa shape index (κ2) is 32.0. The van der Waals surface area contributed by atoms with Crippen LogP contribution in [0.4, 0.5) is 0 Å². The average molecular weight is 1170 g/mol. The number of nitrogens with one attached hydrogen (secondary N) is 3.